The van der Waals surface area contributed by atoms with Crippen molar-refractivity contribution in [2.75, 3.05) is 13.1 Å². The maximum atomic E-state index is 12.9. The largest absolute Gasteiger partial charge is 0.361 e. The van der Waals surface area contributed by atoms with Crippen LogP contribution in [0.3, 0.4) is 0 Å². The summed E-state index contributed by atoms with van der Waals surface area (Å²) >= 11 is 0. The Kier molecular flexibility index (Phi) is 6.89. The molecule has 1 heterocycles. The molecule has 0 bridgehead atoms. The second kappa shape index (κ2) is 9.12. The number of carbonyl (C=O) groups excluding carboxylic acids is 2. The lowest BCUT2D eigenvalue weighted by atomic mass is 10.1. The number of aromatic nitrogens is 1. The predicted molar refractivity (Wildman–Crippen MR) is 94.8 cm³/mol. The van der Waals surface area contributed by atoms with Crippen LogP contribution in [0.2, 0.25) is 0 Å². The van der Waals surface area contributed by atoms with Crippen LogP contribution in [-0.2, 0) is 22.6 Å². The molecule has 140 valence electrons. The number of carbonyl (C=O) groups is 2. The Morgan fingerprint density at radius 1 is 1.23 bits per heavy atom. The molecule has 0 aliphatic rings. The number of nitrogens with zero attached hydrogens (tertiary/aromatic N) is 2. The number of halogens is 1. The minimum Gasteiger partial charge on any atom is -0.361 e. The van der Waals surface area contributed by atoms with E-state index >= 15 is 0 Å². The van der Waals surface area contributed by atoms with Gasteiger partial charge < -0.3 is 14.7 Å². The van der Waals surface area contributed by atoms with Crippen LogP contribution >= 0.6 is 0 Å². The SMILES string of the molecule is CCN(CC(=O)NCc1ccc(F)cc1)C(=O)CCc1c(C)noc1C. The molecular formula is C19H24FN3O3. The number of hydrogen-bond acceptors (Lipinski definition) is 4. The average molecular weight is 361 g/mol. The fourth-order valence-corrected chi connectivity index (χ4v) is 2.66. The van der Waals surface area contributed by atoms with Crippen LogP contribution in [0.15, 0.2) is 28.8 Å². The first kappa shape index (κ1) is 19.6. The number of nitrogens with one attached hydrogen (secondary N) is 1. The molecule has 0 unspecified atom stereocenters. The molecule has 0 atom stereocenters. The Bertz CT molecular complexity index is 736. The predicted octanol–water partition coefficient (Wildman–Crippen LogP) is 2.53. The first-order valence-electron chi connectivity index (χ1n) is 8.61. The zero-order chi connectivity index (χ0) is 19.1. The molecule has 2 rings (SSSR count). The Morgan fingerprint density at radius 3 is 2.50 bits per heavy atom. The van der Waals surface area contributed by atoms with Crippen molar-refractivity contribution in [1.82, 2.24) is 15.4 Å². The summed E-state index contributed by atoms with van der Waals surface area (Å²) in [6.07, 6.45) is 0.829. The van der Waals surface area contributed by atoms with Crippen molar-refractivity contribution in [3.63, 3.8) is 0 Å². The van der Waals surface area contributed by atoms with E-state index in [1.807, 2.05) is 20.8 Å². The topological polar surface area (TPSA) is 75.4 Å². The van der Waals surface area contributed by atoms with Gasteiger partial charge in [-0.15, -0.1) is 0 Å². The second-order valence-electron chi connectivity index (χ2n) is 6.11. The van der Waals surface area contributed by atoms with Crippen LogP contribution in [-0.4, -0.2) is 35.0 Å². The lowest BCUT2D eigenvalue weighted by Gasteiger charge is -2.20. The summed E-state index contributed by atoms with van der Waals surface area (Å²) in [6, 6.07) is 5.92. The van der Waals surface area contributed by atoms with E-state index in [1.54, 1.807) is 12.1 Å². The quantitative estimate of drug-likeness (QED) is 0.784. The zero-order valence-corrected chi connectivity index (χ0v) is 15.3. The minimum absolute atomic E-state index is 0.00186. The highest BCUT2D eigenvalue weighted by atomic mass is 19.1. The summed E-state index contributed by atoms with van der Waals surface area (Å²) in [5, 5.41) is 6.62. The third-order valence-corrected chi connectivity index (χ3v) is 4.24. The number of aryl methyl sites for hydroxylation is 2. The maximum absolute atomic E-state index is 12.9. The third-order valence-electron chi connectivity index (χ3n) is 4.24. The van der Waals surface area contributed by atoms with Crippen molar-refractivity contribution >= 4 is 11.8 Å². The molecule has 0 saturated carbocycles. The monoisotopic (exact) mass is 361 g/mol. The Labute approximate surface area is 152 Å². The Morgan fingerprint density at radius 2 is 1.92 bits per heavy atom. The smallest absolute Gasteiger partial charge is 0.239 e. The van der Waals surface area contributed by atoms with Gasteiger partial charge in [0.2, 0.25) is 11.8 Å². The molecule has 0 aliphatic carbocycles. The van der Waals surface area contributed by atoms with Gasteiger partial charge >= 0.3 is 0 Å². The van der Waals surface area contributed by atoms with Gasteiger partial charge in [0.25, 0.3) is 0 Å². The van der Waals surface area contributed by atoms with Gasteiger partial charge in [-0.3, -0.25) is 9.59 Å². The fraction of sp³-hybridized carbons (Fsp3) is 0.421. The zero-order valence-electron chi connectivity index (χ0n) is 15.3. The van der Waals surface area contributed by atoms with Crippen LogP contribution < -0.4 is 5.32 Å². The van der Waals surface area contributed by atoms with Gasteiger partial charge in [-0.1, -0.05) is 17.3 Å². The lowest BCUT2D eigenvalue weighted by Crippen LogP contribution is -2.40. The Balaban J connectivity index is 1.82. The van der Waals surface area contributed by atoms with Crippen molar-refractivity contribution in [2.24, 2.45) is 0 Å². The second-order valence-corrected chi connectivity index (χ2v) is 6.11. The van der Waals surface area contributed by atoms with Gasteiger partial charge in [-0.05, 0) is 44.9 Å². The van der Waals surface area contributed by atoms with E-state index in [0.29, 0.717) is 25.9 Å². The molecule has 1 N–H and O–H groups in total. The highest BCUT2D eigenvalue weighted by Gasteiger charge is 2.17. The van der Waals surface area contributed by atoms with Gasteiger partial charge in [0.05, 0.1) is 12.2 Å². The maximum Gasteiger partial charge on any atom is 0.239 e. The van der Waals surface area contributed by atoms with E-state index in [0.717, 1.165) is 22.6 Å². The summed E-state index contributed by atoms with van der Waals surface area (Å²) in [5.74, 6) is 0.0582. The van der Waals surface area contributed by atoms with Gasteiger partial charge in [0.1, 0.15) is 11.6 Å². The molecule has 0 radical (unpaired) electrons. The van der Waals surface area contributed by atoms with Crippen LogP contribution in [0.5, 0.6) is 0 Å². The van der Waals surface area contributed by atoms with E-state index in [9.17, 15) is 14.0 Å². The number of benzene rings is 1. The molecule has 7 heteroatoms. The number of hydrogen-bond donors (Lipinski definition) is 1. The molecule has 1 aromatic carbocycles. The molecule has 26 heavy (non-hydrogen) atoms. The molecule has 2 aromatic rings. The van der Waals surface area contributed by atoms with E-state index < -0.39 is 0 Å². The normalized spacial score (nSPS) is 10.6. The summed E-state index contributed by atoms with van der Waals surface area (Å²) in [7, 11) is 0. The van der Waals surface area contributed by atoms with Crippen molar-refractivity contribution < 1.29 is 18.5 Å². The summed E-state index contributed by atoms with van der Waals surface area (Å²) in [6.45, 7) is 6.24. The fourth-order valence-electron chi connectivity index (χ4n) is 2.66. The van der Waals surface area contributed by atoms with Crippen LogP contribution in [0.25, 0.3) is 0 Å². The molecule has 0 fully saturated rings. The molecule has 1 aromatic heterocycles. The van der Waals surface area contributed by atoms with Gasteiger partial charge in [0, 0.05) is 25.1 Å². The number of amides is 2. The molecule has 6 nitrogen and oxygen atoms in total. The number of rotatable bonds is 8. The first-order chi connectivity index (χ1) is 12.4. The first-order valence-corrected chi connectivity index (χ1v) is 8.61. The number of likely N-dealkylation sites (N-methyl/N-ethyl adjacent to an activating group) is 1. The van der Waals surface area contributed by atoms with Crippen LogP contribution in [0.4, 0.5) is 4.39 Å². The minimum atomic E-state index is -0.318. The lowest BCUT2D eigenvalue weighted by molar-refractivity contribution is -0.135. The average Bonchev–Trinajstić information content (AvgIpc) is 2.95. The standard InChI is InChI=1S/C19H24FN3O3/c1-4-23(19(25)10-9-17-13(2)22-26-14(17)3)12-18(24)21-11-15-5-7-16(20)8-6-15/h5-8H,4,9-12H2,1-3H3,(H,21,24). The molecule has 0 spiro atoms. The highest BCUT2D eigenvalue weighted by Crippen LogP contribution is 2.15. The summed E-state index contributed by atoms with van der Waals surface area (Å²) in [5.41, 5.74) is 2.53. The van der Waals surface area contributed by atoms with Crippen LogP contribution in [0.1, 0.15) is 35.9 Å². The summed E-state index contributed by atoms with van der Waals surface area (Å²) in [4.78, 5) is 26.0. The van der Waals surface area contributed by atoms with Crippen LogP contribution in [0, 0.1) is 19.7 Å². The van der Waals surface area contributed by atoms with E-state index in [4.69, 9.17) is 4.52 Å². The highest BCUT2D eigenvalue weighted by molar-refractivity contribution is 5.84. The molecular weight excluding hydrogens is 337 g/mol. The molecule has 2 amide bonds. The van der Waals surface area contributed by atoms with Crippen molar-refractivity contribution in [1.29, 1.82) is 0 Å². The van der Waals surface area contributed by atoms with Crippen molar-refractivity contribution in [2.45, 2.75) is 40.2 Å². The Hall–Kier alpha value is -2.70. The summed E-state index contributed by atoms with van der Waals surface area (Å²) < 4.78 is 18.0. The molecule has 0 saturated heterocycles. The third kappa shape index (κ3) is 5.40. The van der Waals surface area contributed by atoms with E-state index in [-0.39, 0.29) is 24.2 Å². The van der Waals surface area contributed by atoms with Crippen molar-refractivity contribution in [3.05, 3.63) is 52.7 Å². The van der Waals surface area contributed by atoms with Gasteiger partial charge in [-0.2, -0.15) is 0 Å². The van der Waals surface area contributed by atoms with E-state index in [2.05, 4.69) is 10.5 Å². The van der Waals surface area contributed by atoms with Gasteiger partial charge in [-0.25, -0.2) is 4.39 Å². The van der Waals surface area contributed by atoms with E-state index in [1.165, 1.54) is 17.0 Å². The van der Waals surface area contributed by atoms with Gasteiger partial charge in [0.15, 0.2) is 0 Å². The van der Waals surface area contributed by atoms with Crippen molar-refractivity contribution in [3.8, 4) is 0 Å². The molecule has 0 aliphatic heterocycles.